The van der Waals surface area contributed by atoms with Crippen LogP contribution in [0.25, 0.3) is 0 Å². The van der Waals surface area contributed by atoms with Crippen molar-refractivity contribution in [1.29, 1.82) is 0 Å². The monoisotopic (exact) mass is 303 g/mol. The molecule has 20 heavy (non-hydrogen) atoms. The van der Waals surface area contributed by atoms with E-state index in [0.717, 1.165) is 25.7 Å². The molecule has 1 heterocycles. The molecule has 2 fully saturated rings. The number of rotatable bonds is 4. The van der Waals surface area contributed by atoms with Gasteiger partial charge in [-0.15, -0.1) is 0 Å². The zero-order chi connectivity index (χ0) is 14.6. The number of ether oxygens (including phenoxy) is 1. The maximum Gasteiger partial charge on any atom is 0.309 e. The van der Waals surface area contributed by atoms with Gasteiger partial charge < -0.3 is 4.74 Å². The summed E-state index contributed by atoms with van der Waals surface area (Å²) in [4.78, 5) is 12.1. The Bertz CT molecular complexity index is 420. The summed E-state index contributed by atoms with van der Waals surface area (Å²) in [5.74, 6) is -0.116. The summed E-state index contributed by atoms with van der Waals surface area (Å²) in [6.07, 6.45) is 6.75. The quantitative estimate of drug-likeness (QED) is 0.744. The third kappa shape index (κ3) is 3.95. The van der Waals surface area contributed by atoms with E-state index in [9.17, 15) is 13.2 Å². The van der Waals surface area contributed by atoms with Crippen LogP contribution in [-0.2, 0) is 19.6 Å². The Hall–Kier alpha value is -0.620. The molecule has 1 saturated heterocycles. The lowest BCUT2D eigenvalue weighted by molar-refractivity contribution is -0.156. The van der Waals surface area contributed by atoms with Crippen LogP contribution in [0.4, 0.5) is 0 Å². The minimum absolute atomic E-state index is 0.0913. The van der Waals surface area contributed by atoms with Crippen LogP contribution in [0.5, 0.6) is 0 Å². The van der Waals surface area contributed by atoms with Gasteiger partial charge in [-0.3, -0.25) is 4.79 Å². The third-order valence-corrected chi connectivity index (χ3v) is 6.26. The van der Waals surface area contributed by atoms with Crippen LogP contribution >= 0.6 is 0 Å². The number of piperidine rings is 1. The molecule has 0 aromatic heterocycles. The van der Waals surface area contributed by atoms with E-state index in [1.54, 1.807) is 6.92 Å². The van der Waals surface area contributed by atoms with Gasteiger partial charge in [0.15, 0.2) is 0 Å². The molecule has 5 nitrogen and oxygen atoms in total. The number of carbonyl (C=O) groups is 1. The fourth-order valence-corrected chi connectivity index (χ4v) is 4.13. The van der Waals surface area contributed by atoms with Gasteiger partial charge in [-0.05, 0) is 45.4 Å². The minimum atomic E-state index is -3.12. The fraction of sp³-hybridized carbons (Fsp3) is 0.929. The SMILES string of the molecule is CCS(=O)(=O)N1CCC(C(=O)OC2CCCCC2)CC1. The van der Waals surface area contributed by atoms with Gasteiger partial charge in [0.1, 0.15) is 6.10 Å². The topological polar surface area (TPSA) is 63.7 Å². The minimum Gasteiger partial charge on any atom is -0.462 e. The molecule has 0 atom stereocenters. The number of nitrogens with zero attached hydrogens (tertiary/aromatic N) is 1. The van der Waals surface area contributed by atoms with Gasteiger partial charge in [-0.2, -0.15) is 0 Å². The lowest BCUT2D eigenvalue weighted by Crippen LogP contribution is -2.41. The lowest BCUT2D eigenvalue weighted by Gasteiger charge is -2.31. The Morgan fingerprint density at radius 1 is 1.10 bits per heavy atom. The van der Waals surface area contributed by atoms with Crippen molar-refractivity contribution < 1.29 is 17.9 Å². The van der Waals surface area contributed by atoms with Crippen LogP contribution in [0, 0.1) is 5.92 Å². The highest BCUT2D eigenvalue weighted by Gasteiger charge is 2.32. The fourth-order valence-electron chi connectivity index (χ4n) is 3.00. The normalized spacial score (nSPS) is 23.6. The van der Waals surface area contributed by atoms with Crippen LogP contribution in [0.15, 0.2) is 0 Å². The average molecular weight is 303 g/mol. The summed E-state index contributed by atoms with van der Waals surface area (Å²) < 4.78 is 30.6. The Labute approximate surface area is 121 Å². The molecule has 6 heteroatoms. The second-order valence-electron chi connectivity index (χ2n) is 5.77. The van der Waals surface area contributed by atoms with Crippen molar-refractivity contribution in [2.75, 3.05) is 18.8 Å². The molecule has 0 bridgehead atoms. The first-order valence-electron chi connectivity index (χ1n) is 7.71. The predicted molar refractivity (Wildman–Crippen MR) is 76.7 cm³/mol. The van der Waals surface area contributed by atoms with Gasteiger partial charge in [0.2, 0.25) is 10.0 Å². The summed E-state index contributed by atoms with van der Waals surface area (Å²) >= 11 is 0. The van der Waals surface area contributed by atoms with Crippen LogP contribution in [-0.4, -0.2) is 43.6 Å². The first-order valence-corrected chi connectivity index (χ1v) is 9.32. The molecule has 116 valence electrons. The second-order valence-corrected chi connectivity index (χ2v) is 8.03. The van der Waals surface area contributed by atoms with Gasteiger partial charge in [-0.25, -0.2) is 12.7 Å². The maximum atomic E-state index is 12.1. The Morgan fingerprint density at radius 3 is 2.25 bits per heavy atom. The number of hydrogen-bond donors (Lipinski definition) is 0. The second kappa shape index (κ2) is 6.89. The predicted octanol–water partition coefficient (Wildman–Crippen LogP) is 1.92. The molecule has 0 N–H and O–H groups in total. The molecular weight excluding hydrogens is 278 g/mol. The van der Waals surface area contributed by atoms with Crippen molar-refractivity contribution in [2.45, 2.75) is 58.0 Å². The molecule has 0 aromatic rings. The van der Waals surface area contributed by atoms with Gasteiger partial charge in [-0.1, -0.05) is 6.42 Å². The van der Waals surface area contributed by atoms with E-state index in [0.29, 0.717) is 25.9 Å². The van der Waals surface area contributed by atoms with E-state index < -0.39 is 10.0 Å². The van der Waals surface area contributed by atoms with Crippen LogP contribution in [0.3, 0.4) is 0 Å². The van der Waals surface area contributed by atoms with E-state index in [2.05, 4.69) is 0 Å². The molecule has 0 radical (unpaired) electrons. The highest BCUT2D eigenvalue weighted by atomic mass is 32.2. The molecule has 0 amide bonds. The molecule has 1 aliphatic heterocycles. The van der Waals surface area contributed by atoms with Gasteiger partial charge in [0.25, 0.3) is 0 Å². The summed E-state index contributed by atoms with van der Waals surface area (Å²) in [5.41, 5.74) is 0. The van der Waals surface area contributed by atoms with Crippen LogP contribution in [0.1, 0.15) is 51.9 Å². The molecular formula is C14H25NO4S. The number of carbonyl (C=O) groups excluding carboxylic acids is 1. The molecule has 1 saturated carbocycles. The maximum absolute atomic E-state index is 12.1. The standard InChI is InChI=1S/C14H25NO4S/c1-2-20(17,18)15-10-8-12(9-11-15)14(16)19-13-6-4-3-5-7-13/h12-13H,2-11H2,1H3. The number of sulfonamides is 1. The van der Waals surface area contributed by atoms with Crippen molar-refractivity contribution >= 4 is 16.0 Å². The van der Waals surface area contributed by atoms with Crippen molar-refractivity contribution in [3.63, 3.8) is 0 Å². The summed E-state index contributed by atoms with van der Waals surface area (Å²) in [5, 5.41) is 0. The molecule has 1 aliphatic carbocycles. The van der Waals surface area contributed by atoms with Gasteiger partial charge >= 0.3 is 5.97 Å². The average Bonchev–Trinajstić information content (AvgIpc) is 2.48. The van der Waals surface area contributed by atoms with Crippen molar-refractivity contribution in [3.05, 3.63) is 0 Å². The van der Waals surface area contributed by atoms with Gasteiger partial charge in [0, 0.05) is 13.1 Å². The Kier molecular flexibility index (Phi) is 5.43. The van der Waals surface area contributed by atoms with E-state index in [1.165, 1.54) is 10.7 Å². The number of esters is 1. The van der Waals surface area contributed by atoms with E-state index in [1.807, 2.05) is 0 Å². The van der Waals surface area contributed by atoms with E-state index in [4.69, 9.17) is 4.74 Å². The molecule has 0 unspecified atom stereocenters. The van der Waals surface area contributed by atoms with Crippen molar-refractivity contribution in [1.82, 2.24) is 4.31 Å². The lowest BCUT2D eigenvalue weighted by atomic mass is 9.96. The van der Waals surface area contributed by atoms with E-state index >= 15 is 0 Å². The first-order chi connectivity index (χ1) is 9.53. The third-order valence-electron chi connectivity index (χ3n) is 4.38. The Balaban J connectivity index is 1.79. The van der Waals surface area contributed by atoms with Crippen LogP contribution in [0.2, 0.25) is 0 Å². The summed E-state index contributed by atoms with van der Waals surface area (Å²) in [6, 6.07) is 0. The van der Waals surface area contributed by atoms with Crippen LogP contribution < -0.4 is 0 Å². The first kappa shape index (κ1) is 15.8. The van der Waals surface area contributed by atoms with Crippen molar-refractivity contribution in [2.24, 2.45) is 5.92 Å². The zero-order valence-electron chi connectivity index (χ0n) is 12.2. The summed E-state index contributed by atoms with van der Waals surface area (Å²) in [6.45, 7) is 2.54. The highest BCUT2D eigenvalue weighted by Crippen LogP contribution is 2.25. The smallest absolute Gasteiger partial charge is 0.309 e. The van der Waals surface area contributed by atoms with Crippen molar-refractivity contribution in [3.8, 4) is 0 Å². The largest absolute Gasteiger partial charge is 0.462 e. The van der Waals surface area contributed by atoms with E-state index in [-0.39, 0.29) is 23.7 Å². The summed E-state index contributed by atoms with van der Waals surface area (Å²) in [7, 11) is -3.12. The molecule has 0 aromatic carbocycles. The zero-order valence-corrected chi connectivity index (χ0v) is 13.0. The van der Waals surface area contributed by atoms with Gasteiger partial charge in [0.05, 0.1) is 11.7 Å². The highest BCUT2D eigenvalue weighted by molar-refractivity contribution is 7.89. The Morgan fingerprint density at radius 2 is 1.70 bits per heavy atom. The number of hydrogen-bond acceptors (Lipinski definition) is 4. The molecule has 2 rings (SSSR count). The molecule has 2 aliphatic rings. The molecule has 0 spiro atoms.